The molecule has 1 N–H and O–H groups in total. The van der Waals surface area contributed by atoms with Crippen LogP contribution < -0.4 is 5.32 Å². The van der Waals surface area contributed by atoms with E-state index in [-0.39, 0.29) is 5.91 Å². The van der Waals surface area contributed by atoms with E-state index in [4.69, 9.17) is 23.2 Å². The van der Waals surface area contributed by atoms with E-state index in [2.05, 4.69) is 19.2 Å². The van der Waals surface area contributed by atoms with E-state index >= 15 is 0 Å². The molecule has 2 aromatic rings. The number of carbonyl (C=O) groups excluding carboxylic acids is 1. The second kappa shape index (κ2) is 6.29. The quantitative estimate of drug-likeness (QED) is 0.811. The van der Waals surface area contributed by atoms with Crippen molar-refractivity contribution in [1.29, 1.82) is 0 Å². The van der Waals surface area contributed by atoms with Crippen molar-refractivity contribution in [2.24, 2.45) is 0 Å². The lowest BCUT2D eigenvalue weighted by Crippen LogP contribution is -2.12. The number of hydrogen-bond donors (Lipinski definition) is 1. The highest BCUT2D eigenvalue weighted by Gasteiger charge is 2.09. The summed E-state index contributed by atoms with van der Waals surface area (Å²) in [5.74, 6) is 0.252. The third kappa shape index (κ3) is 3.53. The molecule has 0 unspecified atom stereocenters. The topological polar surface area (TPSA) is 29.1 Å². The van der Waals surface area contributed by atoms with E-state index in [9.17, 15) is 4.79 Å². The van der Waals surface area contributed by atoms with Gasteiger partial charge in [0.1, 0.15) is 0 Å². The monoisotopic (exact) mass is 307 g/mol. The van der Waals surface area contributed by atoms with Crippen LogP contribution in [0.3, 0.4) is 0 Å². The molecule has 0 spiro atoms. The molecule has 0 bridgehead atoms. The second-order valence-electron chi connectivity index (χ2n) is 4.86. The van der Waals surface area contributed by atoms with Crippen molar-refractivity contribution < 1.29 is 4.79 Å². The summed E-state index contributed by atoms with van der Waals surface area (Å²) >= 11 is 11.8. The van der Waals surface area contributed by atoms with E-state index < -0.39 is 0 Å². The van der Waals surface area contributed by atoms with Crippen LogP contribution in [0, 0.1) is 0 Å². The maximum Gasteiger partial charge on any atom is 0.255 e. The van der Waals surface area contributed by atoms with Crippen LogP contribution >= 0.6 is 23.2 Å². The number of anilines is 1. The fourth-order valence-electron chi connectivity index (χ4n) is 1.80. The van der Waals surface area contributed by atoms with Gasteiger partial charge in [0.25, 0.3) is 5.91 Å². The summed E-state index contributed by atoms with van der Waals surface area (Å²) in [5, 5.41) is 3.73. The van der Waals surface area contributed by atoms with E-state index in [1.165, 1.54) is 5.56 Å². The fourth-order valence-corrected chi connectivity index (χ4v) is 2.26. The molecular formula is C16H15Cl2NO. The molecule has 0 saturated heterocycles. The molecule has 0 fully saturated rings. The molecule has 0 aliphatic rings. The lowest BCUT2D eigenvalue weighted by molar-refractivity contribution is 0.102. The maximum absolute atomic E-state index is 12.1. The zero-order valence-corrected chi connectivity index (χ0v) is 12.8. The van der Waals surface area contributed by atoms with Gasteiger partial charge in [-0.2, -0.15) is 0 Å². The van der Waals surface area contributed by atoms with Gasteiger partial charge in [-0.1, -0.05) is 49.2 Å². The molecule has 0 saturated carbocycles. The number of halogens is 2. The first-order valence-electron chi connectivity index (χ1n) is 6.33. The normalized spacial score (nSPS) is 10.7. The lowest BCUT2D eigenvalue weighted by Gasteiger charge is -2.09. The number of nitrogens with one attached hydrogen (secondary N) is 1. The molecule has 0 atom stereocenters. The molecule has 2 aromatic carbocycles. The van der Waals surface area contributed by atoms with Crippen LogP contribution in [-0.2, 0) is 0 Å². The number of rotatable bonds is 3. The Balaban J connectivity index is 2.15. The standard InChI is InChI=1S/C16H15Cl2NO/c1-10(2)11-3-5-12(6-4-11)16(20)19-15-8-7-13(17)9-14(15)18/h3-10H,1-2H3,(H,19,20). The predicted octanol–water partition coefficient (Wildman–Crippen LogP) is 5.37. The van der Waals surface area contributed by atoms with Crippen molar-refractivity contribution in [2.75, 3.05) is 5.32 Å². The summed E-state index contributed by atoms with van der Waals surface area (Å²) in [5.41, 5.74) is 2.35. The van der Waals surface area contributed by atoms with Gasteiger partial charge in [0.2, 0.25) is 0 Å². The first-order chi connectivity index (χ1) is 9.47. The molecule has 0 heterocycles. The van der Waals surface area contributed by atoms with Crippen LogP contribution in [0.25, 0.3) is 0 Å². The van der Waals surface area contributed by atoms with Gasteiger partial charge in [-0.15, -0.1) is 0 Å². The fraction of sp³-hybridized carbons (Fsp3) is 0.188. The van der Waals surface area contributed by atoms with Crippen LogP contribution in [0.4, 0.5) is 5.69 Å². The molecule has 20 heavy (non-hydrogen) atoms. The minimum atomic E-state index is -0.190. The van der Waals surface area contributed by atoms with E-state index in [0.29, 0.717) is 27.2 Å². The summed E-state index contributed by atoms with van der Waals surface area (Å²) in [6.07, 6.45) is 0. The van der Waals surface area contributed by atoms with Gasteiger partial charge in [-0.05, 0) is 41.8 Å². The Hall–Kier alpha value is -1.51. The highest BCUT2D eigenvalue weighted by molar-refractivity contribution is 6.36. The smallest absolute Gasteiger partial charge is 0.255 e. The number of benzene rings is 2. The van der Waals surface area contributed by atoms with Gasteiger partial charge in [0.05, 0.1) is 10.7 Å². The zero-order chi connectivity index (χ0) is 14.7. The van der Waals surface area contributed by atoms with Crippen molar-refractivity contribution in [2.45, 2.75) is 19.8 Å². The molecule has 104 valence electrons. The average Bonchev–Trinajstić information content (AvgIpc) is 2.42. The summed E-state index contributed by atoms with van der Waals surface area (Å²) < 4.78 is 0. The Bertz CT molecular complexity index is 621. The highest BCUT2D eigenvalue weighted by Crippen LogP contribution is 2.26. The molecule has 2 rings (SSSR count). The van der Waals surface area contributed by atoms with Gasteiger partial charge in [0.15, 0.2) is 0 Å². The summed E-state index contributed by atoms with van der Waals surface area (Å²) in [4.78, 5) is 12.1. The third-order valence-electron chi connectivity index (χ3n) is 3.02. The Labute approximate surface area is 128 Å². The SMILES string of the molecule is CC(C)c1ccc(C(=O)Nc2ccc(Cl)cc2Cl)cc1. The highest BCUT2D eigenvalue weighted by atomic mass is 35.5. The molecule has 0 aromatic heterocycles. The Morgan fingerprint density at radius 3 is 2.25 bits per heavy atom. The van der Waals surface area contributed by atoms with Crippen LogP contribution in [0.1, 0.15) is 35.7 Å². The van der Waals surface area contributed by atoms with Gasteiger partial charge in [0, 0.05) is 10.6 Å². The van der Waals surface area contributed by atoms with Gasteiger partial charge < -0.3 is 5.32 Å². The van der Waals surface area contributed by atoms with Crippen LogP contribution in [0.2, 0.25) is 10.0 Å². The lowest BCUT2D eigenvalue weighted by atomic mass is 10.0. The van der Waals surface area contributed by atoms with Gasteiger partial charge in [-0.3, -0.25) is 4.79 Å². The van der Waals surface area contributed by atoms with E-state index in [1.807, 2.05) is 24.3 Å². The van der Waals surface area contributed by atoms with Crippen molar-refractivity contribution in [3.05, 3.63) is 63.6 Å². The number of carbonyl (C=O) groups is 1. The zero-order valence-electron chi connectivity index (χ0n) is 11.3. The third-order valence-corrected chi connectivity index (χ3v) is 3.57. The van der Waals surface area contributed by atoms with Gasteiger partial charge >= 0.3 is 0 Å². The van der Waals surface area contributed by atoms with E-state index in [1.54, 1.807) is 18.2 Å². The molecule has 0 aliphatic carbocycles. The predicted molar refractivity (Wildman–Crippen MR) is 84.9 cm³/mol. The second-order valence-corrected chi connectivity index (χ2v) is 5.70. The Morgan fingerprint density at radius 1 is 1.05 bits per heavy atom. The van der Waals surface area contributed by atoms with E-state index in [0.717, 1.165) is 0 Å². The summed E-state index contributed by atoms with van der Waals surface area (Å²) in [6.45, 7) is 4.23. The van der Waals surface area contributed by atoms with Crippen molar-refractivity contribution >= 4 is 34.8 Å². The summed E-state index contributed by atoms with van der Waals surface area (Å²) in [6, 6.07) is 12.5. The Morgan fingerprint density at radius 2 is 1.70 bits per heavy atom. The van der Waals surface area contributed by atoms with Crippen molar-refractivity contribution in [3.8, 4) is 0 Å². The average molecular weight is 308 g/mol. The minimum absolute atomic E-state index is 0.190. The first kappa shape index (κ1) is 14.9. The molecule has 0 aliphatic heterocycles. The summed E-state index contributed by atoms with van der Waals surface area (Å²) in [7, 11) is 0. The van der Waals surface area contributed by atoms with Crippen LogP contribution in [0.15, 0.2) is 42.5 Å². The minimum Gasteiger partial charge on any atom is -0.321 e. The Kier molecular flexibility index (Phi) is 4.69. The van der Waals surface area contributed by atoms with Crippen molar-refractivity contribution in [1.82, 2.24) is 0 Å². The number of amides is 1. The van der Waals surface area contributed by atoms with Gasteiger partial charge in [-0.25, -0.2) is 0 Å². The number of hydrogen-bond acceptors (Lipinski definition) is 1. The first-order valence-corrected chi connectivity index (χ1v) is 7.09. The molecule has 4 heteroatoms. The van der Waals surface area contributed by atoms with Crippen molar-refractivity contribution in [3.63, 3.8) is 0 Å². The largest absolute Gasteiger partial charge is 0.321 e. The molecule has 1 amide bonds. The molecule has 2 nitrogen and oxygen atoms in total. The molecular weight excluding hydrogens is 293 g/mol. The maximum atomic E-state index is 12.1. The van der Waals surface area contributed by atoms with Crippen LogP contribution in [-0.4, -0.2) is 5.91 Å². The van der Waals surface area contributed by atoms with Crippen LogP contribution in [0.5, 0.6) is 0 Å². The molecule has 0 radical (unpaired) electrons.